The number of halogens is 1. The third-order valence-electron chi connectivity index (χ3n) is 2.05. The van der Waals surface area contributed by atoms with Crippen molar-refractivity contribution >= 4 is 12.4 Å². The van der Waals surface area contributed by atoms with Gasteiger partial charge in [0.2, 0.25) is 0 Å². The smallest absolute Gasteiger partial charge is 0.165 e. The molecule has 0 bridgehead atoms. The summed E-state index contributed by atoms with van der Waals surface area (Å²) in [6, 6.07) is 5.37. The molecule has 84 valence electrons. The van der Waals surface area contributed by atoms with Crippen molar-refractivity contribution in [2.75, 3.05) is 14.2 Å². The van der Waals surface area contributed by atoms with Gasteiger partial charge in [-0.15, -0.1) is 19.0 Å². The number of hydrogen-bond donors (Lipinski definition) is 1. The number of methoxy groups -OCH3 is 2. The van der Waals surface area contributed by atoms with Crippen molar-refractivity contribution in [1.29, 1.82) is 0 Å². The standard InChI is InChI=1S/C11H15NO2.ClH/c1-4-9(12)8-6-5-7-10(13-2)11(8)14-3;/h4-7,9H,1,12H2,2-3H3;1H/t9-;/m1./s1. The number of rotatable bonds is 4. The Morgan fingerprint density at radius 2 is 2.00 bits per heavy atom. The Morgan fingerprint density at radius 3 is 2.47 bits per heavy atom. The predicted octanol–water partition coefficient (Wildman–Crippen LogP) is 2.31. The zero-order valence-electron chi connectivity index (χ0n) is 8.90. The normalized spacial score (nSPS) is 11.1. The number of ether oxygens (including phenoxy) is 2. The molecule has 1 atom stereocenters. The summed E-state index contributed by atoms with van der Waals surface area (Å²) in [7, 11) is 3.19. The Morgan fingerprint density at radius 1 is 1.33 bits per heavy atom. The lowest BCUT2D eigenvalue weighted by Crippen LogP contribution is -2.08. The van der Waals surface area contributed by atoms with Crippen LogP contribution in [0.2, 0.25) is 0 Å². The highest BCUT2D eigenvalue weighted by Gasteiger charge is 2.12. The molecular weight excluding hydrogens is 214 g/mol. The van der Waals surface area contributed by atoms with Gasteiger partial charge in [0, 0.05) is 5.56 Å². The van der Waals surface area contributed by atoms with Crippen LogP contribution in [0.4, 0.5) is 0 Å². The van der Waals surface area contributed by atoms with Gasteiger partial charge in [-0.1, -0.05) is 18.2 Å². The average Bonchev–Trinajstić information content (AvgIpc) is 2.26. The van der Waals surface area contributed by atoms with Gasteiger partial charge >= 0.3 is 0 Å². The van der Waals surface area contributed by atoms with E-state index in [0.29, 0.717) is 11.5 Å². The second kappa shape index (κ2) is 6.32. The van der Waals surface area contributed by atoms with E-state index in [1.165, 1.54) is 0 Å². The Bertz CT molecular complexity index is 328. The number of para-hydroxylation sites is 1. The van der Waals surface area contributed by atoms with E-state index in [0.717, 1.165) is 5.56 Å². The molecule has 0 amide bonds. The summed E-state index contributed by atoms with van der Waals surface area (Å²) >= 11 is 0. The van der Waals surface area contributed by atoms with Crippen molar-refractivity contribution in [3.8, 4) is 11.5 Å². The second-order valence-corrected chi connectivity index (χ2v) is 2.84. The molecule has 0 saturated carbocycles. The molecule has 2 N–H and O–H groups in total. The summed E-state index contributed by atoms with van der Waals surface area (Å²) in [4.78, 5) is 0. The van der Waals surface area contributed by atoms with Crippen molar-refractivity contribution in [3.63, 3.8) is 0 Å². The first-order valence-electron chi connectivity index (χ1n) is 4.33. The third-order valence-corrected chi connectivity index (χ3v) is 2.05. The van der Waals surface area contributed by atoms with Gasteiger partial charge in [0.05, 0.1) is 20.3 Å². The van der Waals surface area contributed by atoms with Crippen LogP contribution in [-0.2, 0) is 0 Å². The number of nitrogens with two attached hydrogens (primary N) is 1. The van der Waals surface area contributed by atoms with E-state index in [2.05, 4.69) is 6.58 Å². The first-order chi connectivity index (χ1) is 6.74. The van der Waals surface area contributed by atoms with Gasteiger partial charge in [0.1, 0.15) is 0 Å². The topological polar surface area (TPSA) is 44.5 Å². The first-order valence-corrected chi connectivity index (χ1v) is 4.33. The molecule has 0 aliphatic heterocycles. The highest BCUT2D eigenvalue weighted by Crippen LogP contribution is 2.33. The minimum absolute atomic E-state index is 0. The Hall–Kier alpha value is -1.19. The van der Waals surface area contributed by atoms with Crippen molar-refractivity contribution in [3.05, 3.63) is 36.4 Å². The average molecular weight is 230 g/mol. The largest absolute Gasteiger partial charge is 0.493 e. The van der Waals surface area contributed by atoms with Crippen molar-refractivity contribution < 1.29 is 9.47 Å². The lowest BCUT2D eigenvalue weighted by atomic mass is 10.1. The zero-order chi connectivity index (χ0) is 10.6. The molecule has 1 aromatic carbocycles. The minimum atomic E-state index is -0.236. The molecular formula is C11H16ClNO2. The van der Waals surface area contributed by atoms with E-state index in [9.17, 15) is 0 Å². The van der Waals surface area contributed by atoms with Gasteiger partial charge in [-0.3, -0.25) is 0 Å². The molecule has 15 heavy (non-hydrogen) atoms. The lowest BCUT2D eigenvalue weighted by molar-refractivity contribution is 0.351. The van der Waals surface area contributed by atoms with Gasteiger partial charge in [0.25, 0.3) is 0 Å². The molecule has 3 nitrogen and oxygen atoms in total. The quantitative estimate of drug-likeness (QED) is 0.806. The first kappa shape index (κ1) is 13.8. The maximum Gasteiger partial charge on any atom is 0.165 e. The fraction of sp³-hybridized carbons (Fsp3) is 0.273. The van der Waals surface area contributed by atoms with Gasteiger partial charge in [-0.05, 0) is 6.07 Å². The lowest BCUT2D eigenvalue weighted by Gasteiger charge is -2.14. The fourth-order valence-corrected chi connectivity index (χ4v) is 1.30. The summed E-state index contributed by atoms with van der Waals surface area (Å²) in [6.45, 7) is 3.65. The van der Waals surface area contributed by atoms with Crippen molar-refractivity contribution in [1.82, 2.24) is 0 Å². The van der Waals surface area contributed by atoms with Gasteiger partial charge < -0.3 is 15.2 Å². The summed E-state index contributed by atoms with van der Waals surface area (Å²) in [6.07, 6.45) is 1.66. The molecule has 4 heteroatoms. The van der Waals surface area contributed by atoms with E-state index in [-0.39, 0.29) is 18.4 Å². The number of hydrogen-bond acceptors (Lipinski definition) is 3. The van der Waals surface area contributed by atoms with Crippen molar-refractivity contribution in [2.24, 2.45) is 5.73 Å². The maximum atomic E-state index is 5.84. The van der Waals surface area contributed by atoms with Gasteiger partial charge in [-0.2, -0.15) is 0 Å². The molecule has 0 aliphatic carbocycles. The van der Waals surface area contributed by atoms with E-state index in [1.807, 2.05) is 18.2 Å². The molecule has 0 unspecified atom stereocenters. The van der Waals surface area contributed by atoms with Crippen LogP contribution in [0.1, 0.15) is 11.6 Å². The van der Waals surface area contributed by atoms with E-state index in [1.54, 1.807) is 20.3 Å². The summed E-state index contributed by atoms with van der Waals surface area (Å²) < 4.78 is 10.4. The second-order valence-electron chi connectivity index (χ2n) is 2.84. The SMILES string of the molecule is C=C[C@@H](N)c1cccc(OC)c1OC.Cl. The van der Waals surface area contributed by atoms with Crippen LogP contribution in [0.3, 0.4) is 0 Å². The van der Waals surface area contributed by atoms with Crippen LogP contribution in [0.5, 0.6) is 11.5 Å². The molecule has 0 fully saturated rings. The number of benzene rings is 1. The highest BCUT2D eigenvalue weighted by molar-refractivity contribution is 5.85. The minimum Gasteiger partial charge on any atom is -0.493 e. The van der Waals surface area contributed by atoms with Crippen LogP contribution in [0, 0.1) is 0 Å². The fourth-order valence-electron chi connectivity index (χ4n) is 1.30. The van der Waals surface area contributed by atoms with Crippen LogP contribution < -0.4 is 15.2 Å². The predicted molar refractivity (Wildman–Crippen MR) is 63.9 cm³/mol. The molecule has 1 rings (SSSR count). The molecule has 0 radical (unpaired) electrons. The Kier molecular flexibility index (Phi) is 5.82. The Balaban J connectivity index is 0.00000196. The summed E-state index contributed by atoms with van der Waals surface area (Å²) in [5.74, 6) is 1.35. The van der Waals surface area contributed by atoms with Gasteiger partial charge in [0.15, 0.2) is 11.5 Å². The molecule has 0 heterocycles. The molecule has 0 saturated heterocycles. The van der Waals surface area contributed by atoms with Crippen molar-refractivity contribution in [2.45, 2.75) is 6.04 Å². The molecule has 0 aliphatic rings. The van der Waals surface area contributed by atoms with E-state index in [4.69, 9.17) is 15.2 Å². The van der Waals surface area contributed by atoms with Crippen LogP contribution in [0.15, 0.2) is 30.9 Å². The Labute approximate surface area is 96.3 Å². The third kappa shape index (κ3) is 2.88. The van der Waals surface area contributed by atoms with Crippen LogP contribution in [0.25, 0.3) is 0 Å². The van der Waals surface area contributed by atoms with Crippen LogP contribution in [-0.4, -0.2) is 14.2 Å². The highest BCUT2D eigenvalue weighted by atomic mass is 35.5. The van der Waals surface area contributed by atoms with Gasteiger partial charge in [-0.25, -0.2) is 0 Å². The monoisotopic (exact) mass is 229 g/mol. The van der Waals surface area contributed by atoms with E-state index < -0.39 is 0 Å². The summed E-state index contributed by atoms with van der Waals surface area (Å²) in [5.41, 5.74) is 6.72. The molecule has 1 aromatic rings. The maximum absolute atomic E-state index is 5.84. The van der Waals surface area contributed by atoms with Crippen LogP contribution >= 0.6 is 12.4 Å². The van der Waals surface area contributed by atoms with E-state index >= 15 is 0 Å². The molecule has 0 spiro atoms. The summed E-state index contributed by atoms with van der Waals surface area (Å²) in [5, 5.41) is 0. The zero-order valence-corrected chi connectivity index (χ0v) is 9.71. The molecule has 0 aromatic heterocycles.